The number of hydrogen-bond donors (Lipinski definition) is 2. The highest BCUT2D eigenvalue weighted by Gasteiger charge is 2.32. The van der Waals surface area contributed by atoms with Crippen molar-refractivity contribution in [2.75, 3.05) is 6.61 Å². The Morgan fingerprint density at radius 1 is 1.43 bits per heavy atom. The van der Waals surface area contributed by atoms with Crippen LogP contribution in [0, 0.1) is 10.1 Å². The lowest BCUT2D eigenvalue weighted by atomic mass is 9.99. The molecule has 0 saturated carbocycles. The summed E-state index contributed by atoms with van der Waals surface area (Å²) in [5.74, 6) is -1.88. The lowest BCUT2D eigenvalue weighted by Crippen LogP contribution is -2.53. The summed E-state index contributed by atoms with van der Waals surface area (Å²) in [5, 5.41) is 22.1. The van der Waals surface area contributed by atoms with E-state index in [1.807, 2.05) is 0 Å². The minimum absolute atomic E-state index is 0.0498. The van der Waals surface area contributed by atoms with Crippen LogP contribution in [0.4, 0.5) is 5.69 Å². The molecule has 0 aliphatic heterocycles. The lowest BCUT2D eigenvalue weighted by Gasteiger charge is -2.24. The van der Waals surface area contributed by atoms with Crippen molar-refractivity contribution in [2.24, 2.45) is 0 Å². The molecule has 0 fully saturated rings. The molecule has 0 saturated heterocycles. The Bertz CT molecular complexity index is 559. The van der Waals surface area contributed by atoms with E-state index in [4.69, 9.17) is 9.84 Å². The minimum atomic E-state index is -1.40. The number of carboxylic acid groups (broad SMARTS) is 1. The molecule has 0 radical (unpaired) electrons. The zero-order chi connectivity index (χ0) is 16.0. The smallest absolute Gasteiger partial charge is 0.329 e. The fraction of sp³-hybridized carbons (Fsp3) is 0.385. The molecule has 1 aromatic carbocycles. The van der Waals surface area contributed by atoms with Gasteiger partial charge in [-0.15, -0.1) is 0 Å². The first-order valence-electron chi connectivity index (χ1n) is 6.20. The number of ether oxygens (including phenoxy) is 1. The molecule has 0 bridgehead atoms. The van der Waals surface area contributed by atoms with Crippen molar-refractivity contribution in [3.8, 4) is 5.75 Å². The van der Waals surface area contributed by atoms with Gasteiger partial charge in [-0.2, -0.15) is 0 Å². The van der Waals surface area contributed by atoms with Crippen LogP contribution in [0.25, 0.3) is 0 Å². The number of carboxylic acids is 1. The van der Waals surface area contributed by atoms with Crippen molar-refractivity contribution in [2.45, 2.75) is 25.8 Å². The van der Waals surface area contributed by atoms with Crippen LogP contribution in [0.15, 0.2) is 24.3 Å². The Kier molecular flexibility index (Phi) is 5.23. The molecule has 1 unspecified atom stereocenters. The fourth-order valence-electron chi connectivity index (χ4n) is 1.51. The molecule has 1 rings (SSSR count). The van der Waals surface area contributed by atoms with Gasteiger partial charge < -0.3 is 15.2 Å². The highest BCUT2D eigenvalue weighted by molar-refractivity contribution is 5.87. The number of hydrogen-bond acceptors (Lipinski definition) is 5. The zero-order valence-electron chi connectivity index (χ0n) is 11.7. The first-order valence-corrected chi connectivity index (χ1v) is 6.20. The van der Waals surface area contributed by atoms with Gasteiger partial charge >= 0.3 is 11.7 Å². The Labute approximate surface area is 120 Å². The zero-order valence-corrected chi connectivity index (χ0v) is 11.7. The van der Waals surface area contributed by atoms with Crippen LogP contribution in [0.2, 0.25) is 0 Å². The number of rotatable bonds is 7. The second kappa shape index (κ2) is 6.69. The van der Waals surface area contributed by atoms with Gasteiger partial charge in [-0.3, -0.25) is 14.9 Å². The van der Waals surface area contributed by atoms with Gasteiger partial charge in [-0.25, -0.2) is 4.79 Å². The second-order valence-electron chi connectivity index (χ2n) is 4.55. The number of aliphatic carboxylic acids is 1. The van der Waals surface area contributed by atoms with Gasteiger partial charge in [0.1, 0.15) is 5.54 Å². The number of nitro groups is 1. The molecule has 1 amide bonds. The SMILES string of the molecule is CCC(C)(NC(=O)COc1ccccc1[N+](=O)[O-])C(=O)O. The molecule has 0 heterocycles. The number of nitrogens with zero attached hydrogens (tertiary/aromatic N) is 1. The molecule has 0 spiro atoms. The number of carbonyl (C=O) groups is 2. The van der Waals surface area contributed by atoms with Gasteiger partial charge in [-0.1, -0.05) is 19.1 Å². The number of para-hydroxylation sites is 2. The van der Waals surface area contributed by atoms with Gasteiger partial charge in [-0.05, 0) is 19.4 Å². The fourth-order valence-corrected chi connectivity index (χ4v) is 1.51. The van der Waals surface area contributed by atoms with E-state index in [1.54, 1.807) is 6.92 Å². The van der Waals surface area contributed by atoms with E-state index in [-0.39, 0.29) is 17.9 Å². The minimum Gasteiger partial charge on any atom is -0.480 e. The standard InChI is InChI=1S/C13H16N2O6/c1-3-13(2,12(17)18)14-11(16)8-21-10-7-5-4-6-9(10)15(19)20/h4-7H,3,8H2,1-2H3,(H,14,16)(H,17,18). The normalized spacial score (nSPS) is 13.0. The van der Waals surface area contributed by atoms with E-state index >= 15 is 0 Å². The van der Waals surface area contributed by atoms with Crippen LogP contribution in [0.5, 0.6) is 5.75 Å². The lowest BCUT2D eigenvalue weighted by molar-refractivity contribution is -0.385. The molecule has 2 N–H and O–H groups in total. The summed E-state index contributed by atoms with van der Waals surface area (Å²) in [4.78, 5) is 32.9. The summed E-state index contributed by atoms with van der Waals surface area (Å²) in [5.41, 5.74) is -1.66. The van der Waals surface area contributed by atoms with Crippen LogP contribution in [-0.2, 0) is 9.59 Å². The molecule has 0 aliphatic carbocycles. The maximum absolute atomic E-state index is 11.7. The summed E-state index contributed by atoms with van der Waals surface area (Å²) in [6, 6.07) is 5.62. The Morgan fingerprint density at radius 2 is 2.05 bits per heavy atom. The summed E-state index contributed by atoms with van der Waals surface area (Å²) in [6.07, 6.45) is 0.194. The molecular weight excluding hydrogens is 280 g/mol. The maximum atomic E-state index is 11.7. The van der Waals surface area contributed by atoms with Gasteiger partial charge in [0, 0.05) is 6.07 Å². The van der Waals surface area contributed by atoms with Crippen molar-refractivity contribution >= 4 is 17.6 Å². The predicted molar refractivity (Wildman–Crippen MR) is 73.1 cm³/mol. The first-order chi connectivity index (χ1) is 9.80. The number of amides is 1. The molecule has 1 atom stereocenters. The third kappa shape index (κ3) is 4.16. The van der Waals surface area contributed by atoms with Crippen molar-refractivity contribution in [3.63, 3.8) is 0 Å². The van der Waals surface area contributed by atoms with Crippen LogP contribution >= 0.6 is 0 Å². The molecule has 0 aliphatic rings. The molecule has 0 aromatic heterocycles. The molecule has 8 nitrogen and oxygen atoms in total. The summed E-state index contributed by atoms with van der Waals surface area (Å²) in [6.45, 7) is 2.49. The van der Waals surface area contributed by atoms with E-state index in [0.29, 0.717) is 0 Å². The highest BCUT2D eigenvalue weighted by atomic mass is 16.6. The van der Waals surface area contributed by atoms with E-state index in [9.17, 15) is 19.7 Å². The van der Waals surface area contributed by atoms with E-state index in [1.165, 1.54) is 31.2 Å². The van der Waals surface area contributed by atoms with Crippen LogP contribution in [-0.4, -0.2) is 34.1 Å². The number of carbonyl (C=O) groups excluding carboxylic acids is 1. The maximum Gasteiger partial charge on any atom is 0.329 e. The van der Waals surface area contributed by atoms with E-state index < -0.39 is 28.9 Å². The highest BCUT2D eigenvalue weighted by Crippen LogP contribution is 2.25. The average molecular weight is 296 g/mol. The average Bonchev–Trinajstić information content (AvgIpc) is 2.44. The third-order valence-electron chi connectivity index (χ3n) is 3.02. The largest absolute Gasteiger partial charge is 0.480 e. The van der Waals surface area contributed by atoms with Crippen LogP contribution in [0.1, 0.15) is 20.3 Å². The van der Waals surface area contributed by atoms with E-state index in [0.717, 1.165) is 0 Å². The molecular formula is C13H16N2O6. The Hall–Kier alpha value is -2.64. The van der Waals surface area contributed by atoms with Crippen molar-refractivity contribution in [3.05, 3.63) is 34.4 Å². The van der Waals surface area contributed by atoms with Crippen molar-refractivity contribution < 1.29 is 24.4 Å². The second-order valence-corrected chi connectivity index (χ2v) is 4.55. The van der Waals surface area contributed by atoms with Gasteiger partial charge in [0.2, 0.25) is 0 Å². The Balaban J connectivity index is 2.70. The first kappa shape index (κ1) is 16.4. The van der Waals surface area contributed by atoms with E-state index in [2.05, 4.69) is 5.32 Å². The molecule has 114 valence electrons. The van der Waals surface area contributed by atoms with Gasteiger partial charge in [0.25, 0.3) is 5.91 Å². The summed E-state index contributed by atoms with van der Waals surface area (Å²) >= 11 is 0. The summed E-state index contributed by atoms with van der Waals surface area (Å²) in [7, 11) is 0. The molecule has 8 heteroatoms. The molecule has 1 aromatic rings. The number of nitro benzene ring substituents is 1. The van der Waals surface area contributed by atoms with Crippen LogP contribution in [0.3, 0.4) is 0 Å². The number of nitrogens with one attached hydrogen (secondary N) is 1. The quantitative estimate of drug-likeness (QED) is 0.579. The monoisotopic (exact) mass is 296 g/mol. The van der Waals surface area contributed by atoms with Gasteiger partial charge in [0.15, 0.2) is 12.4 Å². The van der Waals surface area contributed by atoms with Crippen molar-refractivity contribution in [1.82, 2.24) is 5.32 Å². The predicted octanol–water partition coefficient (Wildman–Crippen LogP) is 1.34. The third-order valence-corrected chi connectivity index (χ3v) is 3.02. The van der Waals surface area contributed by atoms with Gasteiger partial charge in [0.05, 0.1) is 4.92 Å². The topological polar surface area (TPSA) is 119 Å². The Morgan fingerprint density at radius 3 is 2.57 bits per heavy atom. The molecule has 21 heavy (non-hydrogen) atoms. The number of benzene rings is 1. The van der Waals surface area contributed by atoms with Crippen molar-refractivity contribution in [1.29, 1.82) is 0 Å². The summed E-state index contributed by atoms with van der Waals surface area (Å²) < 4.78 is 5.08. The van der Waals surface area contributed by atoms with Crippen LogP contribution < -0.4 is 10.1 Å².